The Morgan fingerprint density at radius 2 is 1.95 bits per heavy atom. The Morgan fingerprint density at radius 3 is 2.67 bits per heavy atom. The lowest BCUT2D eigenvalue weighted by Crippen LogP contribution is -2.17. The van der Waals surface area contributed by atoms with Gasteiger partial charge in [-0.05, 0) is 30.3 Å². The third-order valence-corrected chi connectivity index (χ3v) is 2.75. The largest absolute Gasteiger partial charge is 0.507 e. The van der Waals surface area contributed by atoms with E-state index >= 15 is 0 Å². The average molecular weight is 286 g/mol. The fourth-order valence-electron chi connectivity index (χ4n) is 1.64. The zero-order valence-electron chi connectivity index (χ0n) is 11.3. The number of phenolic OH excluding ortho intramolecular Hbond substituents is 2. The first-order valence-corrected chi connectivity index (χ1v) is 6.10. The Hall–Kier alpha value is -3.02. The van der Waals surface area contributed by atoms with Crippen molar-refractivity contribution < 1.29 is 19.7 Å². The van der Waals surface area contributed by atoms with Gasteiger partial charge >= 0.3 is 0 Å². The highest BCUT2D eigenvalue weighted by atomic mass is 16.5. The van der Waals surface area contributed by atoms with Gasteiger partial charge in [-0.3, -0.25) is 4.79 Å². The smallest absolute Gasteiger partial charge is 0.271 e. The van der Waals surface area contributed by atoms with Crippen LogP contribution < -0.4 is 10.2 Å². The minimum atomic E-state index is -0.458. The maximum Gasteiger partial charge on any atom is 0.271 e. The van der Waals surface area contributed by atoms with E-state index in [-0.39, 0.29) is 17.2 Å². The molecule has 2 rings (SSSR count). The van der Waals surface area contributed by atoms with Gasteiger partial charge < -0.3 is 14.9 Å². The molecule has 6 heteroatoms. The van der Waals surface area contributed by atoms with Crippen molar-refractivity contribution in [2.24, 2.45) is 5.10 Å². The highest BCUT2D eigenvalue weighted by Gasteiger charge is 2.08. The molecule has 6 nitrogen and oxygen atoms in total. The minimum absolute atomic E-state index is 0.0493. The third kappa shape index (κ3) is 3.50. The SMILES string of the molecule is COc1cc(C(=O)NN=Cc2ccccc2O)ccc1O. The number of nitrogens with one attached hydrogen (secondary N) is 1. The Labute approximate surface area is 121 Å². The number of para-hydroxylation sites is 1. The van der Waals surface area contributed by atoms with Crippen LogP contribution in [0, 0.1) is 0 Å². The number of carbonyl (C=O) groups is 1. The van der Waals surface area contributed by atoms with E-state index in [0.717, 1.165) is 0 Å². The van der Waals surface area contributed by atoms with Crippen molar-refractivity contribution >= 4 is 12.1 Å². The standard InChI is InChI=1S/C15H14N2O4/c1-21-14-8-10(6-7-13(14)19)15(20)17-16-9-11-4-2-3-5-12(11)18/h2-9,18-19H,1H3,(H,17,20). The summed E-state index contributed by atoms with van der Waals surface area (Å²) in [6.07, 6.45) is 1.34. The number of rotatable bonds is 4. The van der Waals surface area contributed by atoms with Gasteiger partial charge in [0.2, 0.25) is 0 Å². The fraction of sp³-hybridized carbons (Fsp3) is 0.0667. The molecule has 0 fully saturated rings. The molecule has 0 saturated heterocycles. The van der Waals surface area contributed by atoms with E-state index in [4.69, 9.17) is 4.74 Å². The number of methoxy groups -OCH3 is 1. The molecule has 0 radical (unpaired) electrons. The summed E-state index contributed by atoms with van der Waals surface area (Å²) in [7, 11) is 1.40. The second-order valence-corrected chi connectivity index (χ2v) is 4.14. The monoisotopic (exact) mass is 286 g/mol. The number of nitrogens with zero attached hydrogens (tertiary/aromatic N) is 1. The van der Waals surface area contributed by atoms with Gasteiger partial charge in [0.15, 0.2) is 11.5 Å². The first kappa shape index (κ1) is 14.4. The number of phenols is 2. The van der Waals surface area contributed by atoms with E-state index in [9.17, 15) is 15.0 Å². The van der Waals surface area contributed by atoms with Crippen molar-refractivity contribution in [3.63, 3.8) is 0 Å². The van der Waals surface area contributed by atoms with E-state index in [1.807, 2.05) is 0 Å². The van der Waals surface area contributed by atoms with Gasteiger partial charge in [0.25, 0.3) is 5.91 Å². The van der Waals surface area contributed by atoms with Crippen LogP contribution in [0.1, 0.15) is 15.9 Å². The molecule has 0 heterocycles. The lowest BCUT2D eigenvalue weighted by Gasteiger charge is -2.05. The second-order valence-electron chi connectivity index (χ2n) is 4.14. The summed E-state index contributed by atoms with van der Waals surface area (Å²) >= 11 is 0. The van der Waals surface area contributed by atoms with Gasteiger partial charge in [-0.1, -0.05) is 12.1 Å². The summed E-state index contributed by atoms with van der Waals surface area (Å²) in [6, 6.07) is 10.8. The van der Waals surface area contributed by atoms with Gasteiger partial charge in [-0.15, -0.1) is 0 Å². The Balaban J connectivity index is 2.07. The Morgan fingerprint density at radius 1 is 1.19 bits per heavy atom. The Bertz CT molecular complexity index is 683. The molecule has 0 aromatic heterocycles. The molecule has 0 bridgehead atoms. The predicted molar refractivity (Wildman–Crippen MR) is 77.8 cm³/mol. The predicted octanol–water partition coefficient (Wildman–Crippen LogP) is 1.87. The number of ether oxygens (including phenoxy) is 1. The maximum absolute atomic E-state index is 11.9. The van der Waals surface area contributed by atoms with Crippen molar-refractivity contribution in [2.45, 2.75) is 0 Å². The molecule has 0 atom stereocenters. The molecule has 0 aliphatic carbocycles. The van der Waals surface area contributed by atoms with Crippen molar-refractivity contribution in [3.8, 4) is 17.2 Å². The van der Waals surface area contributed by atoms with Crippen LogP contribution >= 0.6 is 0 Å². The number of hydrogen-bond donors (Lipinski definition) is 3. The normalized spacial score (nSPS) is 10.5. The van der Waals surface area contributed by atoms with Crippen LogP contribution in [0.25, 0.3) is 0 Å². The van der Waals surface area contributed by atoms with Crippen LogP contribution in [0.5, 0.6) is 17.2 Å². The van der Waals surface area contributed by atoms with Gasteiger partial charge in [-0.2, -0.15) is 5.10 Å². The molecule has 0 unspecified atom stereocenters. The molecule has 0 aliphatic heterocycles. The molecule has 3 N–H and O–H groups in total. The maximum atomic E-state index is 11.9. The molecular weight excluding hydrogens is 272 g/mol. The lowest BCUT2D eigenvalue weighted by molar-refractivity contribution is 0.0954. The zero-order valence-corrected chi connectivity index (χ0v) is 11.3. The molecule has 0 spiro atoms. The number of amides is 1. The van der Waals surface area contributed by atoms with Gasteiger partial charge in [-0.25, -0.2) is 5.43 Å². The van der Waals surface area contributed by atoms with Crippen LogP contribution in [0.4, 0.5) is 0 Å². The van der Waals surface area contributed by atoms with Crippen molar-refractivity contribution in [1.29, 1.82) is 0 Å². The summed E-state index contributed by atoms with van der Waals surface area (Å²) < 4.78 is 4.92. The van der Waals surface area contributed by atoms with E-state index in [2.05, 4.69) is 10.5 Å². The topological polar surface area (TPSA) is 91.2 Å². The van der Waals surface area contributed by atoms with Crippen LogP contribution in [0.2, 0.25) is 0 Å². The van der Waals surface area contributed by atoms with E-state index in [1.165, 1.54) is 37.6 Å². The summed E-state index contributed by atoms with van der Waals surface area (Å²) in [5.74, 6) is -0.235. The molecule has 108 valence electrons. The molecule has 2 aromatic rings. The molecular formula is C15H14N2O4. The van der Waals surface area contributed by atoms with Crippen LogP contribution in [0.15, 0.2) is 47.6 Å². The van der Waals surface area contributed by atoms with Crippen molar-refractivity contribution in [2.75, 3.05) is 7.11 Å². The van der Waals surface area contributed by atoms with Gasteiger partial charge in [0, 0.05) is 11.1 Å². The number of hydrogen-bond acceptors (Lipinski definition) is 5. The summed E-state index contributed by atoms with van der Waals surface area (Å²) in [5, 5.41) is 22.8. The third-order valence-electron chi connectivity index (χ3n) is 2.75. The van der Waals surface area contributed by atoms with Crippen molar-refractivity contribution in [3.05, 3.63) is 53.6 Å². The van der Waals surface area contributed by atoms with Gasteiger partial charge in [0.1, 0.15) is 5.75 Å². The van der Waals surface area contributed by atoms with Crippen LogP contribution in [-0.4, -0.2) is 29.4 Å². The fourth-order valence-corrected chi connectivity index (χ4v) is 1.64. The number of carbonyl (C=O) groups excluding carboxylic acids is 1. The minimum Gasteiger partial charge on any atom is -0.507 e. The molecule has 0 saturated carbocycles. The number of aromatic hydroxyl groups is 2. The molecule has 0 aliphatic rings. The Kier molecular flexibility index (Phi) is 4.40. The lowest BCUT2D eigenvalue weighted by atomic mass is 10.2. The van der Waals surface area contributed by atoms with Crippen LogP contribution in [-0.2, 0) is 0 Å². The van der Waals surface area contributed by atoms with Crippen molar-refractivity contribution in [1.82, 2.24) is 5.43 Å². The van der Waals surface area contributed by atoms with E-state index in [1.54, 1.807) is 18.2 Å². The van der Waals surface area contributed by atoms with Crippen LogP contribution in [0.3, 0.4) is 0 Å². The quantitative estimate of drug-likeness (QED) is 0.591. The molecule has 2 aromatic carbocycles. The zero-order chi connectivity index (χ0) is 15.2. The molecule has 21 heavy (non-hydrogen) atoms. The van der Waals surface area contributed by atoms with Gasteiger partial charge in [0.05, 0.1) is 13.3 Å². The van der Waals surface area contributed by atoms with E-state index in [0.29, 0.717) is 11.1 Å². The highest BCUT2D eigenvalue weighted by Crippen LogP contribution is 2.26. The second kappa shape index (κ2) is 6.42. The highest BCUT2D eigenvalue weighted by molar-refractivity contribution is 5.95. The number of hydrazone groups is 1. The first-order valence-electron chi connectivity index (χ1n) is 6.10. The number of benzene rings is 2. The summed E-state index contributed by atoms with van der Waals surface area (Å²) in [6.45, 7) is 0. The first-order chi connectivity index (χ1) is 10.1. The summed E-state index contributed by atoms with van der Waals surface area (Å²) in [5.41, 5.74) is 3.11. The average Bonchev–Trinajstić information content (AvgIpc) is 2.49. The van der Waals surface area contributed by atoms with E-state index < -0.39 is 5.91 Å². The molecule has 1 amide bonds. The summed E-state index contributed by atoms with van der Waals surface area (Å²) in [4.78, 5) is 11.9.